The Morgan fingerprint density at radius 1 is 1.27 bits per heavy atom. The van der Waals surface area contributed by atoms with Gasteiger partial charge in [-0.3, -0.25) is 4.79 Å². The van der Waals surface area contributed by atoms with E-state index in [0.717, 1.165) is 18.4 Å². The molecule has 3 aliphatic heterocycles. The minimum Gasteiger partial charge on any atom is -0.457 e. The van der Waals surface area contributed by atoms with Crippen molar-refractivity contribution in [3.8, 4) is 0 Å². The molecule has 2 saturated heterocycles. The number of carbonyl (C=O) groups is 2. The SMILES string of the molecule is CC[C@H](OC)[C@@H](C)[C@H]1O[C@@H]1CC(C)(C)/C=C/C=C(\C)[C@H]1OC(=O)C[C@H](C)CC[C@@](C)(O)[C@@H](OC(=O)N2CCNCC2)/C=C/[C@@H]1C. The number of piperazine rings is 1. The largest absolute Gasteiger partial charge is 0.457 e. The first-order valence-corrected chi connectivity index (χ1v) is 17.0. The summed E-state index contributed by atoms with van der Waals surface area (Å²) in [6.45, 7) is 19.0. The molecule has 0 aromatic rings. The third kappa shape index (κ3) is 11.2. The van der Waals surface area contributed by atoms with E-state index in [1.165, 1.54) is 0 Å². The Balaban J connectivity index is 1.74. The summed E-state index contributed by atoms with van der Waals surface area (Å²) in [5.74, 6) is -0.106. The number of carbonyl (C=O) groups excluding carboxylic acids is 2. The van der Waals surface area contributed by atoms with E-state index >= 15 is 0 Å². The average Bonchev–Trinajstić information content (AvgIpc) is 3.75. The van der Waals surface area contributed by atoms with E-state index in [-0.39, 0.29) is 48.0 Å². The number of ether oxygens (including phenoxy) is 4. The number of cyclic esters (lactones) is 1. The highest BCUT2D eigenvalue weighted by Crippen LogP contribution is 2.41. The van der Waals surface area contributed by atoms with Gasteiger partial charge in [-0.25, -0.2) is 4.79 Å². The van der Waals surface area contributed by atoms with Gasteiger partial charge in [0.15, 0.2) is 6.10 Å². The zero-order valence-electron chi connectivity index (χ0n) is 29.2. The molecule has 2 fully saturated rings. The number of esters is 1. The Labute approximate surface area is 271 Å². The van der Waals surface area contributed by atoms with Crippen molar-refractivity contribution >= 4 is 12.1 Å². The Hall–Kier alpha value is -2.20. The molecule has 3 heterocycles. The maximum atomic E-state index is 13.0. The number of methoxy groups -OCH3 is 1. The van der Waals surface area contributed by atoms with Crippen molar-refractivity contribution < 1.29 is 33.6 Å². The highest BCUT2D eigenvalue weighted by atomic mass is 16.6. The van der Waals surface area contributed by atoms with Gasteiger partial charge in [0.05, 0.1) is 18.3 Å². The number of nitrogens with one attached hydrogen (secondary N) is 1. The van der Waals surface area contributed by atoms with Crippen LogP contribution in [0.3, 0.4) is 0 Å². The number of allylic oxidation sites excluding steroid dienone is 3. The number of amides is 1. The van der Waals surface area contributed by atoms with Gasteiger partial charge in [0.2, 0.25) is 0 Å². The quantitative estimate of drug-likeness (QED) is 0.134. The molecule has 9 heteroatoms. The maximum Gasteiger partial charge on any atom is 0.410 e. The van der Waals surface area contributed by atoms with Crippen LogP contribution in [0, 0.1) is 23.2 Å². The van der Waals surface area contributed by atoms with Crippen molar-refractivity contribution in [2.45, 2.75) is 124 Å². The zero-order valence-corrected chi connectivity index (χ0v) is 29.2. The summed E-state index contributed by atoms with van der Waals surface area (Å²) >= 11 is 0. The van der Waals surface area contributed by atoms with Crippen LogP contribution in [0.2, 0.25) is 0 Å². The molecule has 256 valence electrons. The second-order valence-electron chi connectivity index (χ2n) is 14.5. The lowest BCUT2D eigenvalue weighted by atomic mass is 9.84. The predicted octanol–water partition coefficient (Wildman–Crippen LogP) is 5.82. The van der Waals surface area contributed by atoms with Gasteiger partial charge in [-0.2, -0.15) is 0 Å². The molecule has 0 unspecified atom stereocenters. The summed E-state index contributed by atoms with van der Waals surface area (Å²) in [5, 5.41) is 14.7. The molecule has 0 aliphatic carbocycles. The summed E-state index contributed by atoms with van der Waals surface area (Å²) in [6.07, 6.45) is 11.9. The molecule has 3 rings (SSSR count). The highest BCUT2D eigenvalue weighted by molar-refractivity contribution is 5.70. The second kappa shape index (κ2) is 16.6. The topological polar surface area (TPSA) is 110 Å². The molecule has 0 aromatic heterocycles. The van der Waals surface area contributed by atoms with Crippen molar-refractivity contribution in [2.24, 2.45) is 23.2 Å². The average molecular weight is 633 g/mol. The normalized spacial score (nSPS) is 34.3. The van der Waals surface area contributed by atoms with Crippen LogP contribution in [0.5, 0.6) is 0 Å². The summed E-state index contributed by atoms with van der Waals surface area (Å²) in [6, 6.07) is 0. The Morgan fingerprint density at radius 2 is 1.96 bits per heavy atom. The van der Waals surface area contributed by atoms with Gasteiger partial charge in [0.1, 0.15) is 11.7 Å². The first-order valence-electron chi connectivity index (χ1n) is 17.0. The molecule has 2 N–H and O–H groups in total. The predicted molar refractivity (Wildman–Crippen MR) is 177 cm³/mol. The van der Waals surface area contributed by atoms with Crippen molar-refractivity contribution in [1.29, 1.82) is 0 Å². The van der Waals surface area contributed by atoms with Crippen LogP contribution in [-0.2, 0) is 23.7 Å². The van der Waals surface area contributed by atoms with Crippen LogP contribution in [0.15, 0.2) is 36.0 Å². The van der Waals surface area contributed by atoms with E-state index < -0.39 is 23.9 Å². The Bertz CT molecular complexity index is 1060. The molecule has 0 spiro atoms. The van der Waals surface area contributed by atoms with Crippen LogP contribution in [0.25, 0.3) is 0 Å². The number of epoxide rings is 1. The number of rotatable bonds is 10. The van der Waals surface area contributed by atoms with Crippen LogP contribution >= 0.6 is 0 Å². The van der Waals surface area contributed by atoms with Gasteiger partial charge in [-0.15, -0.1) is 0 Å². The minimum atomic E-state index is -1.28. The first-order chi connectivity index (χ1) is 21.2. The fourth-order valence-corrected chi connectivity index (χ4v) is 6.54. The van der Waals surface area contributed by atoms with E-state index in [1.54, 1.807) is 25.0 Å². The lowest BCUT2D eigenvalue weighted by Gasteiger charge is -2.35. The Kier molecular flexibility index (Phi) is 13.7. The molecule has 1 amide bonds. The first kappa shape index (κ1) is 37.3. The number of hydrogen-bond donors (Lipinski definition) is 2. The Morgan fingerprint density at radius 3 is 2.60 bits per heavy atom. The molecule has 0 aromatic carbocycles. The van der Waals surface area contributed by atoms with Crippen molar-refractivity contribution in [3.63, 3.8) is 0 Å². The van der Waals surface area contributed by atoms with Crippen molar-refractivity contribution in [1.82, 2.24) is 10.2 Å². The third-order valence-corrected chi connectivity index (χ3v) is 9.71. The van der Waals surface area contributed by atoms with E-state index in [2.05, 4.69) is 39.1 Å². The second-order valence-corrected chi connectivity index (χ2v) is 14.5. The van der Waals surface area contributed by atoms with Gasteiger partial charge in [0, 0.05) is 51.5 Å². The number of hydrogen-bond acceptors (Lipinski definition) is 8. The monoisotopic (exact) mass is 632 g/mol. The lowest BCUT2D eigenvalue weighted by Crippen LogP contribution is -2.50. The molecule has 9 atom stereocenters. The van der Waals surface area contributed by atoms with Gasteiger partial charge in [-0.1, -0.05) is 65.8 Å². The fraction of sp³-hybridized carbons (Fsp3) is 0.778. The summed E-state index contributed by atoms with van der Waals surface area (Å²) in [4.78, 5) is 27.7. The third-order valence-electron chi connectivity index (χ3n) is 9.71. The molecule has 3 aliphatic rings. The molecular formula is C36H60N2O7. The summed E-state index contributed by atoms with van der Waals surface area (Å²) in [7, 11) is 1.77. The lowest BCUT2D eigenvalue weighted by molar-refractivity contribution is -0.150. The van der Waals surface area contributed by atoms with Crippen LogP contribution in [0.4, 0.5) is 4.79 Å². The molecule has 45 heavy (non-hydrogen) atoms. The fourth-order valence-electron chi connectivity index (χ4n) is 6.54. The van der Waals surface area contributed by atoms with Crippen LogP contribution < -0.4 is 5.32 Å². The van der Waals surface area contributed by atoms with E-state index in [4.69, 9.17) is 18.9 Å². The summed E-state index contributed by atoms with van der Waals surface area (Å²) < 4.78 is 23.7. The molecule has 9 nitrogen and oxygen atoms in total. The maximum absolute atomic E-state index is 13.0. The van der Waals surface area contributed by atoms with Crippen molar-refractivity contribution in [3.05, 3.63) is 36.0 Å². The van der Waals surface area contributed by atoms with Gasteiger partial charge in [-0.05, 0) is 62.5 Å². The molecule has 0 bridgehead atoms. The van der Waals surface area contributed by atoms with Gasteiger partial charge in [0.25, 0.3) is 0 Å². The molecule has 0 saturated carbocycles. The van der Waals surface area contributed by atoms with E-state index in [0.29, 0.717) is 44.9 Å². The van der Waals surface area contributed by atoms with E-state index in [9.17, 15) is 14.7 Å². The molecule has 0 radical (unpaired) electrons. The number of nitrogens with zero attached hydrogens (tertiary/aromatic N) is 1. The van der Waals surface area contributed by atoms with Gasteiger partial charge >= 0.3 is 12.1 Å². The standard InChI is InChI=1S/C36H60N2O7/c1-10-28(42-9)27(5)33-29(43-33)23-35(6,7)16-11-12-25(3)32-26(4)13-14-30(44-34(40)38-20-18-37-19-21-38)36(8,41)17-15-24(2)22-31(39)45-32/h11-14,16,24,26-30,32-33,37,41H,10,15,17-23H2,1-9H3/b14-13+,16-11+,25-12+/t24-,26+,27-,28+,29-,30+,32-,33-,36-/m1/s1. The van der Waals surface area contributed by atoms with Crippen LogP contribution in [-0.4, -0.2) is 91.5 Å². The smallest absolute Gasteiger partial charge is 0.410 e. The zero-order chi connectivity index (χ0) is 33.4. The summed E-state index contributed by atoms with van der Waals surface area (Å²) in [5.41, 5.74) is -0.449. The van der Waals surface area contributed by atoms with E-state index in [1.807, 2.05) is 39.0 Å². The van der Waals surface area contributed by atoms with Crippen molar-refractivity contribution in [2.75, 3.05) is 33.3 Å². The minimum absolute atomic E-state index is 0.00511. The van der Waals surface area contributed by atoms with Crippen LogP contribution in [0.1, 0.15) is 87.5 Å². The molecular weight excluding hydrogens is 572 g/mol. The van der Waals surface area contributed by atoms with Gasteiger partial charge < -0.3 is 34.3 Å². The number of aliphatic hydroxyl groups is 1. The highest BCUT2D eigenvalue weighted by Gasteiger charge is 2.47.